The van der Waals surface area contributed by atoms with Gasteiger partial charge in [0.2, 0.25) is 0 Å². The first kappa shape index (κ1) is 6.76. The molecule has 0 aliphatic carbocycles. The van der Waals surface area contributed by atoms with Gasteiger partial charge in [0, 0.05) is 0 Å². The summed E-state index contributed by atoms with van der Waals surface area (Å²) in [7, 11) is 2.05. The molecule has 0 radical (unpaired) electrons. The Labute approximate surface area is 44.4 Å². The van der Waals surface area contributed by atoms with E-state index >= 15 is 0 Å². The summed E-state index contributed by atoms with van der Waals surface area (Å²) in [5.41, 5.74) is 0. The fourth-order valence-corrected chi connectivity index (χ4v) is 0. The van der Waals surface area contributed by atoms with Crippen molar-refractivity contribution in [3.63, 3.8) is 0 Å². The van der Waals surface area contributed by atoms with E-state index in [1.807, 2.05) is 0 Å². The van der Waals surface area contributed by atoms with Gasteiger partial charge in [0.05, 0.1) is 0 Å². The first-order valence-corrected chi connectivity index (χ1v) is 12.2. The van der Waals surface area contributed by atoms with Crippen LogP contribution in [0.5, 0.6) is 0 Å². The topological polar surface area (TPSA) is 12.0 Å². The van der Waals surface area contributed by atoms with Gasteiger partial charge in [-0.3, -0.25) is 0 Å². The Kier molecular flexibility index (Phi) is 2.44. The molecule has 0 saturated carbocycles. The summed E-state index contributed by atoms with van der Waals surface area (Å²) in [4.78, 5) is 7.03. The fourth-order valence-electron chi connectivity index (χ4n) is 0. The molecule has 2 heteroatoms. The Hall–Kier alpha value is 0.759. The van der Waals surface area contributed by atoms with Crippen LogP contribution in [-0.4, -0.2) is 25.7 Å². The quantitative estimate of drug-likeness (QED) is 0.614. The Bertz CT molecular complexity index is 37.3. The van der Waals surface area contributed by atoms with Crippen LogP contribution in [0.3, 0.4) is 0 Å². The third-order valence-corrected chi connectivity index (χ3v) is 5.03. The van der Waals surface area contributed by atoms with Gasteiger partial charge in [-0.25, -0.2) is 0 Å². The first-order chi connectivity index (χ1) is 2.56. The van der Waals surface area contributed by atoms with Gasteiger partial charge in [-0.15, -0.1) is 0 Å². The summed E-state index contributed by atoms with van der Waals surface area (Å²) >= 11 is -1.48. The number of hydrogen-bond acceptors (Lipinski definition) is 1. The number of rotatable bonds is 1. The van der Waals surface area contributed by atoms with Crippen molar-refractivity contribution in [2.24, 2.45) is 0 Å². The summed E-state index contributed by atoms with van der Waals surface area (Å²) in [6.07, 6.45) is 0. The Morgan fingerprint density at radius 1 is 1.17 bits per heavy atom. The van der Waals surface area contributed by atoms with E-state index < -0.39 is 18.7 Å². The van der Waals surface area contributed by atoms with Crippen molar-refractivity contribution in [2.75, 3.05) is 7.05 Å². The van der Waals surface area contributed by atoms with Gasteiger partial charge in [-0.05, 0) is 0 Å². The Morgan fingerprint density at radius 2 is 1.33 bits per heavy atom. The Balaban J connectivity index is 3.17. The predicted octanol–water partition coefficient (Wildman–Crippen LogP) is 1.04. The maximum absolute atomic E-state index is 3.31. The third kappa shape index (κ3) is 4.76. The zero-order chi connectivity index (χ0) is 5.21. The summed E-state index contributed by atoms with van der Waals surface area (Å²) in [5.74, 6) is 0. The van der Waals surface area contributed by atoms with Crippen LogP contribution in [0.2, 0.25) is 14.8 Å². The summed E-state index contributed by atoms with van der Waals surface area (Å²) < 4.78 is 3.31. The molecule has 0 saturated heterocycles. The van der Waals surface area contributed by atoms with E-state index in [0.29, 0.717) is 0 Å². The van der Waals surface area contributed by atoms with Gasteiger partial charge in [-0.1, -0.05) is 0 Å². The van der Waals surface area contributed by atoms with Gasteiger partial charge in [-0.2, -0.15) is 0 Å². The van der Waals surface area contributed by atoms with Gasteiger partial charge in [0.15, 0.2) is 0 Å². The van der Waals surface area contributed by atoms with Crippen LogP contribution >= 0.6 is 0 Å². The van der Waals surface area contributed by atoms with E-state index in [1.54, 1.807) is 0 Å². The van der Waals surface area contributed by atoms with E-state index in [9.17, 15) is 0 Å². The van der Waals surface area contributed by atoms with Crippen molar-refractivity contribution >= 4 is 18.7 Å². The van der Waals surface area contributed by atoms with Crippen LogP contribution in [-0.2, 0) is 0 Å². The minimum atomic E-state index is -1.48. The summed E-state index contributed by atoms with van der Waals surface area (Å²) in [6, 6.07) is 0. The predicted molar refractivity (Wildman–Crippen MR) is 32.4 cm³/mol. The Morgan fingerprint density at radius 3 is 1.33 bits per heavy atom. The fraction of sp³-hybridized carbons (Fsp3) is 1.00. The average molecular weight is 194 g/mol. The number of nitrogens with one attached hydrogen (secondary N) is 1. The molecule has 6 heavy (non-hydrogen) atoms. The SMILES string of the molecule is C[NH][Sn]([CH3])([CH3])[CH3]. The van der Waals surface area contributed by atoms with E-state index in [4.69, 9.17) is 0 Å². The molecular formula is C4H13NSn. The van der Waals surface area contributed by atoms with Crippen LogP contribution in [0.25, 0.3) is 0 Å². The first-order valence-electron chi connectivity index (χ1n) is 2.25. The molecule has 38 valence electrons. The molecule has 0 aromatic heterocycles. The normalized spacial score (nSPS) is 12.0. The van der Waals surface area contributed by atoms with Crippen LogP contribution in [0.4, 0.5) is 0 Å². The molecule has 0 bridgehead atoms. The molecule has 0 atom stereocenters. The monoisotopic (exact) mass is 195 g/mol. The molecule has 0 amide bonds. The van der Waals surface area contributed by atoms with Gasteiger partial charge in [0.1, 0.15) is 0 Å². The molecule has 0 aromatic rings. The molecule has 0 aromatic carbocycles. The summed E-state index contributed by atoms with van der Waals surface area (Å²) in [6.45, 7) is 0. The zero-order valence-corrected chi connectivity index (χ0v) is 7.85. The molecular weight excluding hydrogens is 181 g/mol. The van der Waals surface area contributed by atoms with Crippen LogP contribution < -0.4 is 3.54 Å². The minimum absolute atomic E-state index is 1.48. The second kappa shape index (κ2) is 2.17. The number of hydrogen-bond donors (Lipinski definition) is 1. The van der Waals surface area contributed by atoms with Crippen molar-refractivity contribution < 1.29 is 0 Å². The molecule has 1 N–H and O–H groups in total. The van der Waals surface area contributed by atoms with Gasteiger partial charge < -0.3 is 0 Å². The van der Waals surface area contributed by atoms with E-state index in [-0.39, 0.29) is 0 Å². The molecule has 0 rings (SSSR count). The van der Waals surface area contributed by atoms with E-state index in [1.165, 1.54) is 0 Å². The second-order valence-corrected chi connectivity index (χ2v) is 16.8. The zero-order valence-electron chi connectivity index (χ0n) is 5.00. The van der Waals surface area contributed by atoms with Crippen molar-refractivity contribution in [2.45, 2.75) is 14.8 Å². The van der Waals surface area contributed by atoms with E-state index in [2.05, 4.69) is 25.4 Å². The summed E-state index contributed by atoms with van der Waals surface area (Å²) in [5, 5.41) is 0. The van der Waals surface area contributed by atoms with Crippen LogP contribution in [0, 0.1) is 0 Å². The van der Waals surface area contributed by atoms with Crippen LogP contribution in [0.15, 0.2) is 0 Å². The van der Waals surface area contributed by atoms with Crippen molar-refractivity contribution in [1.29, 1.82) is 0 Å². The average Bonchev–Trinajstić information content (AvgIpc) is 1.35. The van der Waals surface area contributed by atoms with E-state index in [0.717, 1.165) is 0 Å². The van der Waals surface area contributed by atoms with Crippen molar-refractivity contribution in [3.8, 4) is 0 Å². The van der Waals surface area contributed by atoms with Gasteiger partial charge >= 0.3 is 44.1 Å². The van der Waals surface area contributed by atoms with Gasteiger partial charge in [0.25, 0.3) is 0 Å². The van der Waals surface area contributed by atoms with Crippen molar-refractivity contribution in [3.05, 3.63) is 0 Å². The molecule has 0 aliphatic heterocycles. The van der Waals surface area contributed by atoms with Crippen LogP contribution in [0.1, 0.15) is 0 Å². The third-order valence-electron chi connectivity index (χ3n) is 0.750. The second-order valence-electron chi connectivity index (χ2n) is 2.50. The molecule has 0 spiro atoms. The molecule has 0 unspecified atom stereocenters. The molecule has 0 heterocycles. The maximum atomic E-state index is 3.31. The molecule has 0 aliphatic rings. The molecule has 0 fully saturated rings. The molecule has 1 nitrogen and oxygen atoms in total. The standard InChI is InChI=1S/CH4N.3CH3.Sn/c1-2;;;;/h2H,1H3;3*1H3;/q-1;;;;+1. The van der Waals surface area contributed by atoms with Crippen molar-refractivity contribution in [1.82, 2.24) is 3.54 Å².